The number of likely N-dealkylation sites (tertiary alicyclic amines) is 1. The Hall–Kier alpha value is -3.52. The van der Waals surface area contributed by atoms with Crippen LogP contribution in [-0.2, 0) is 26.9 Å². The minimum atomic E-state index is -5.76. The largest absolute Gasteiger partial charge is 0.399 e. The van der Waals surface area contributed by atoms with E-state index in [1.54, 1.807) is 16.1 Å². The first-order valence-corrected chi connectivity index (χ1v) is 17.2. The first kappa shape index (κ1) is 30.2. The maximum absolute atomic E-state index is 14.3. The molecule has 1 aliphatic carbocycles. The fraction of sp³-hybridized carbons (Fsp3) is 0.483. The average Bonchev–Trinajstić information content (AvgIpc) is 3.68. The molecule has 3 aliphatic heterocycles. The minimum absolute atomic E-state index is 0.0787. The van der Waals surface area contributed by atoms with E-state index >= 15 is 0 Å². The van der Waals surface area contributed by atoms with E-state index in [0.717, 1.165) is 35.7 Å². The Morgan fingerprint density at radius 3 is 2.51 bits per heavy atom. The Morgan fingerprint density at radius 1 is 1.11 bits per heavy atom. The number of aromatic nitrogens is 3. The molecule has 3 N–H and O–H groups in total. The van der Waals surface area contributed by atoms with Gasteiger partial charge in [-0.05, 0) is 61.1 Å². The molecule has 16 heteroatoms. The topological polar surface area (TPSA) is 158 Å². The van der Waals surface area contributed by atoms with E-state index < -0.39 is 36.8 Å². The summed E-state index contributed by atoms with van der Waals surface area (Å²) in [6, 6.07) is 2.90. The number of hydrogen-bond donors (Lipinski definition) is 3. The summed E-state index contributed by atoms with van der Waals surface area (Å²) in [4.78, 5) is 63.1. The Bertz CT molecular complexity index is 1780. The van der Waals surface area contributed by atoms with E-state index in [2.05, 4.69) is 21.6 Å². The number of thiophene rings is 1. The third-order valence-corrected chi connectivity index (χ3v) is 11.7. The van der Waals surface area contributed by atoms with Crippen molar-refractivity contribution < 1.29 is 37.5 Å². The van der Waals surface area contributed by atoms with Gasteiger partial charge in [-0.1, -0.05) is 18.2 Å². The van der Waals surface area contributed by atoms with Gasteiger partial charge >= 0.3 is 13.3 Å². The third-order valence-electron chi connectivity index (χ3n) is 9.61. The molecular formula is C29H31F2N6O6PS. The maximum atomic E-state index is 14.3. The number of nitrogens with zero attached hydrogens (tertiary/aromatic N) is 5. The number of halogens is 2. The standard InChI is InChI=1S/C29H31F2N6O6PS/c1-35-14-32-34-25(35)18-12-36(13-18)28(40)22-6-5-20-9-15-2-3-16(15)10-21(27(39)37(20)22)33-26(38)24-11-17-8-19(4-7-23(17)45-24)29(30,31)44(41,42)43/h2-4,7-8,11,14-16,18,20-22H,5-6,9-10,12-13H2,1H3,(H,33,38)(H2,41,42,43)/t15-,16+,20+,21?,22-/m0/s1. The van der Waals surface area contributed by atoms with Crippen LogP contribution in [0.2, 0.25) is 0 Å². The van der Waals surface area contributed by atoms with Gasteiger partial charge in [-0.2, -0.15) is 8.78 Å². The molecule has 1 unspecified atom stereocenters. The minimum Gasteiger partial charge on any atom is -0.340 e. The number of carbonyl (C=O) groups is 3. The molecule has 1 aromatic carbocycles. The number of rotatable bonds is 6. The lowest BCUT2D eigenvalue weighted by Crippen LogP contribution is -2.60. The molecule has 4 aliphatic rings. The van der Waals surface area contributed by atoms with E-state index in [9.17, 15) is 27.7 Å². The number of benzene rings is 1. The van der Waals surface area contributed by atoms with Gasteiger partial charge in [0, 0.05) is 36.4 Å². The molecule has 7 rings (SSSR count). The summed E-state index contributed by atoms with van der Waals surface area (Å²) in [5.41, 5.74) is -5.23. The molecule has 238 valence electrons. The number of fused-ring (bicyclic) bond motifs is 3. The monoisotopic (exact) mass is 660 g/mol. The molecule has 12 nitrogen and oxygen atoms in total. The second-order valence-corrected chi connectivity index (χ2v) is 15.1. The summed E-state index contributed by atoms with van der Waals surface area (Å²) in [6.07, 6.45) is 8.15. The normalized spacial score (nSPS) is 27.0. The van der Waals surface area contributed by atoms with Crippen LogP contribution in [0.5, 0.6) is 0 Å². The highest BCUT2D eigenvalue weighted by Crippen LogP contribution is 2.59. The van der Waals surface area contributed by atoms with Crippen molar-refractivity contribution in [3.8, 4) is 0 Å². The van der Waals surface area contributed by atoms with Gasteiger partial charge in [0.1, 0.15) is 24.2 Å². The number of aryl methyl sites for hydroxylation is 1. The predicted octanol–water partition coefficient (Wildman–Crippen LogP) is 2.94. The number of nitrogens with one attached hydrogen (secondary N) is 1. The van der Waals surface area contributed by atoms with Crippen molar-refractivity contribution in [3.63, 3.8) is 0 Å². The zero-order valence-corrected chi connectivity index (χ0v) is 25.8. The van der Waals surface area contributed by atoms with Gasteiger partial charge in [0.2, 0.25) is 11.8 Å². The van der Waals surface area contributed by atoms with Crippen molar-refractivity contribution in [1.29, 1.82) is 0 Å². The van der Waals surface area contributed by atoms with Gasteiger partial charge in [-0.3, -0.25) is 18.9 Å². The second-order valence-electron chi connectivity index (χ2n) is 12.4. The summed E-state index contributed by atoms with van der Waals surface area (Å²) in [7, 11) is -3.90. The van der Waals surface area contributed by atoms with Gasteiger partial charge < -0.3 is 29.5 Å². The summed E-state index contributed by atoms with van der Waals surface area (Å²) < 4.78 is 42.3. The molecular weight excluding hydrogens is 629 g/mol. The van der Waals surface area contributed by atoms with Crippen molar-refractivity contribution >= 4 is 46.7 Å². The van der Waals surface area contributed by atoms with Gasteiger partial charge in [0.05, 0.1) is 10.8 Å². The SMILES string of the molecule is Cn1cnnc1C1CN(C(=O)[C@@H]2CC[C@@H]3C[C@@H]4C=C[C@@H]4CC(NC(=O)c4cc5cc(C(F)(F)P(=O)(O)O)ccc5s4)C(=O)N32)C1. The summed E-state index contributed by atoms with van der Waals surface area (Å²) in [5, 5.41) is 11.2. The van der Waals surface area contributed by atoms with Gasteiger partial charge in [-0.25, -0.2) is 0 Å². The second kappa shape index (κ2) is 10.8. The fourth-order valence-electron chi connectivity index (χ4n) is 7.04. The lowest BCUT2D eigenvalue weighted by molar-refractivity contribution is -0.150. The third kappa shape index (κ3) is 5.09. The number of allylic oxidation sites excluding steroid dienone is 2. The van der Waals surface area contributed by atoms with Crippen LogP contribution in [0.3, 0.4) is 0 Å². The van der Waals surface area contributed by atoms with Crippen LogP contribution in [0.1, 0.15) is 52.7 Å². The lowest BCUT2D eigenvalue weighted by atomic mass is 9.73. The highest BCUT2D eigenvalue weighted by atomic mass is 32.1. The molecule has 0 radical (unpaired) electrons. The number of alkyl halides is 2. The Labute approximate surface area is 260 Å². The number of amides is 3. The summed E-state index contributed by atoms with van der Waals surface area (Å²) >= 11 is 1.02. The van der Waals surface area contributed by atoms with Crippen LogP contribution in [0.15, 0.2) is 42.7 Å². The average molecular weight is 661 g/mol. The molecule has 0 bridgehead atoms. The van der Waals surface area contributed by atoms with Crippen LogP contribution in [0.25, 0.3) is 10.1 Å². The summed E-state index contributed by atoms with van der Waals surface area (Å²) in [6.45, 7) is 0.992. The van der Waals surface area contributed by atoms with Gasteiger partial charge in [0.25, 0.3) is 5.91 Å². The molecule has 3 amide bonds. The lowest BCUT2D eigenvalue weighted by Gasteiger charge is -2.44. The Kier molecular flexibility index (Phi) is 7.23. The zero-order chi connectivity index (χ0) is 31.8. The highest BCUT2D eigenvalue weighted by Gasteiger charge is 2.51. The first-order valence-electron chi connectivity index (χ1n) is 14.7. The highest BCUT2D eigenvalue weighted by molar-refractivity contribution is 7.52. The molecule has 3 aromatic rings. The van der Waals surface area contributed by atoms with Crippen LogP contribution in [0.4, 0.5) is 8.78 Å². The molecule has 5 atom stereocenters. The molecule has 3 fully saturated rings. The van der Waals surface area contributed by atoms with Crippen LogP contribution in [-0.4, -0.2) is 83.3 Å². The van der Waals surface area contributed by atoms with Crippen molar-refractivity contribution in [3.05, 3.63) is 59.0 Å². The molecule has 45 heavy (non-hydrogen) atoms. The van der Waals surface area contributed by atoms with Crippen LogP contribution in [0, 0.1) is 11.8 Å². The Balaban J connectivity index is 1.10. The van der Waals surface area contributed by atoms with Crippen LogP contribution < -0.4 is 5.32 Å². The maximum Gasteiger partial charge on any atom is 0.399 e. The van der Waals surface area contributed by atoms with Gasteiger partial charge in [-0.15, -0.1) is 21.5 Å². The van der Waals surface area contributed by atoms with Crippen molar-refractivity contribution in [1.82, 2.24) is 29.9 Å². The van der Waals surface area contributed by atoms with Crippen molar-refractivity contribution in [2.24, 2.45) is 18.9 Å². The fourth-order valence-corrected chi connectivity index (χ4v) is 8.47. The van der Waals surface area contributed by atoms with E-state index in [-0.39, 0.29) is 45.9 Å². The quantitative estimate of drug-likeness (QED) is 0.269. The summed E-state index contributed by atoms with van der Waals surface area (Å²) in [5.74, 6) is 0.256. The number of carbonyl (C=O) groups excluding carboxylic acids is 3. The molecule has 3 saturated heterocycles. The Morgan fingerprint density at radius 2 is 1.84 bits per heavy atom. The van der Waals surface area contributed by atoms with Crippen molar-refractivity contribution in [2.45, 2.75) is 55.4 Å². The smallest absolute Gasteiger partial charge is 0.340 e. The molecule has 0 saturated carbocycles. The van der Waals surface area contributed by atoms with E-state index in [0.29, 0.717) is 37.1 Å². The number of hydrogen-bond acceptors (Lipinski definition) is 7. The van der Waals surface area contributed by atoms with Crippen molar-refractivity contribution in [2.75, 3.05) is 13.1 Å². The molecule has 5 heterocycles. The molecule has 0 spiro atoms. The predicted molar refractivity (Wildman–Crippen MR) is 158 cm³/mol. The first-order chi connectivity index (χ1) is 21.3. The zero-order valence-electron chi connectivity index (χ0n) is 24.1. The molecule has 2 aromatic heterocycles. The van der Waals surface area contributed by atoms with Crippen LogP contribution >= 0.6 is 18.9 Å². The van der Waals surface area contributed by atoms with Gasteiger partial charge in [0.15, 0.2) is 0 Å². The van der Waals surface area contributed by atoms with E-state index in [1.165, 1.54) is 12.1 Å². The van der Waals surface area contributed by atoms with E-state index in [1.807, 2.05) is 17.7 Å². The van der Waals surface area contributed by atoms with E-state index in [4.69, 9.17) is 9.79 Å².